The van der Waals surface area contributed by atoms with E-state index in [2.05, 4.69) is 33.9 Å². The highest BCUT2D eigenvalue weighted by molar-refractivity contribution is 7.89. The van der Waals surface area contributed by atoms with E-state index in [9.17, 15) is 8.42 Å². The van der Waals surface area contributed by atoms with Gasteiger partial charge in [-0.25, -0.2) is 13.1 Å². The first-order valence-electron chi connectivity index (χ1n) is 10.8. The highest BCUT2D eigenvalue weighted by Crippen LogP contribution is 2.35. The Morgan fingerprint density at radius 2 is 1.74 bits per heavy atom. The Hall–Kier alpha value is -1.80. The van der Waals surface area contributed by atoms with Crippen LogP contribution in [0.25, 0.3) is 0 Å². The van der Waals surface area contributed by atoms with Gasteiger partial charge in [-0.2, -0.15) is 0 Å². The van der Waals surface area contributed by atoms with Gasteiger partial charge in [-0.05, 0) is 42.5 Å². The molecule has 2 aromatic carbocycles. The Kier molecular flexibility index (Phi) is 7.38. The van der Waals surface area contributed by atoms with Crippen molar-refractivity contribution >= 4 is 21.6 Å². The van der Waals surface area contributed by atoms with Crippen LogP contribution < -0.4 is 14.2 Å². The van der Waals surface area contributed by atoms with Gasteiger partial charge in [0.05, 0.1) is 5.75 Å². The van der Waals surface area contributed by atoms with Gasteiger partial charge in [-0.15, -0.1) is 11.6 Å². The van der Waals surface area contributed by atoms with Crippen LogP contribution in [0.1, 0.15) is 36.5 Å². The van der Waals surface area contributed by atoms with Crippen LogP contribution in [0.2, 0.25) is 0 Å². The Morgan fingerprint density at radius 3 is 2.45 bits per heavy atom. The summed E-state index contributed by atoms with van der Waals surface area (Å²) in [6.45, 7) is 3.11. The fourth-order valence-corrected chi connectivity index (χ4v) is 5.72. The van der Waals surface area contributed by atoms with Crippen molar-refractivity contribution in [2.24, 2.45) is 0 Å². The summed E-state index contributed by atoms with van der Waals surface area (Å²) in [5.41, 5.74) is 2.34. The molecule has 0 unspecified atom stereocenters. The topological polar surface area (TPSA) is 67.9 Å². The average Bonchev–Trinajstić information content (AvgIpc) is 2.79. The maximum absolute atomic E-state index is 12.1. The molecule has 1 atom stereocenters. The van der Waals surface area contributed by atoms with Crippen LogP contribution in [0, 0.1) is 0 Å². The van der Waals surface area contributed by atoms with Gasteiger partial charge in [0, 0.05) is 31.6 Å². The lowest BCUT2D eigenvalue weighted by molar-refractivity contribution is 0.0912. The van der Waals surface area contributed by atoms with Crippen LogP contribution in [0.3, 0.4) is 0 Å². The van der Waals surface area contributed by atoms with Crippen molar-refractivity contribution in [2.75, 3.05) is 31.3 Å². The monoisotopic (exact) mass is 464 g/mol. The first-order valence-corrected chi connectivity index (χ1v) is 13.0. The lowest BCUT2D eigenvalue weighted by Crippen LogP contribution is -2.44. The molecule has 0 aromatic heterocycles. The van der Waals surface area contributed by atoms with Crippen molar-refractivity contribution in [1.29, 1.82) is 0 Å². The Bertz CT molecular complexity index is 960. The highest BCUT2D eigenvalue weighted by atomic mass is 35.5. The number of hydrogen-bond donors (Lipinski definition) is 1. The highest BCUT2D eigenvalue weighted by Gasteiger charge is 2.24. The maximum atomic E-state index is 12.1. The van der Waals surface area contributed by atoms with Crippen LogP contribution in [0.4, 0.5) is 0 Å². The van der Waals surface area contributed by atoms with E-state index in [-0.39, 0.29) is 17.9 Å². The number of nitrogens with zero attached hydrogens (tertiary/aromatic N) is 1. The molecule has 4 rings (SSSR count). The van der Waals surface area contributed by atoms with E-state index < -0.39 is 10.0 Å². The summed E-state index contributed by atoms with van der Waals surface area (Å²) < 4.78 is 38.8. The standard InChI is InChI=1S/C23H29ClN2O4S/c24-12-3-15-31(27,28)25-20-10-13-26(14-11-20)16-18-6-8-19(9-7-18)23-17-29-21-4-1-2-5-22(21)30-23/h1-2,4-9,20,23,25H,3,10-17H2/t23-/m1/s1. The van der Waals surface area contributed by atoms with E-state index in [0.717, 1.165) is 49.5 Å². The third-order valence-corrected chi connectivity index (χ3v) is 7.53. The summed E-state index contributed by atoms with van der Waals surface area (Å²) in [6.07, 6.45) is 2.03. The SMILES string of the molecule is O=S(=O)(CCCCl)NC1CCN(Cc2ccc([C@H]3COc4ccccc4O3)cc2)CC1. The third-order valence-electron chi connectivity index (χ3n) is 5.75. The number of nitrogens with one attached hydrogen (secondary N) is 1. The Balaban J connectivity index is 1.26. The molecule has 31 heavy (non-hydrogen) atoms. The van der Waals surface area contributed by atoms with Crippen LogP contribution >= 0.6 is 11.6 Å². The predicted molar refractivity (Wildman–Crippen MR) is 122 cm³/mol. The molecule has 1 saturated heterocycles. The van der Waals surface area contributed by atoms with Crippen LogP contribution in [0.5, 0.6) is 11.5 Å². The third kappa shape index (κ3) is 6.13. The van der Waals surface area contributed by atoms with Crippen molar-refractivity contribution < 1.29 is 17.9 Å². The Labute approximate surface area is 189 Å². The molecule has 1 fully saturated rings. The molecular weight excluding hydrogens is 436 g/mol. The number of alkyl halides is 1. The number of fused-ring (bicyclic) bond motifs is 1. The first-order chi connectivity index (χ1) is 15.0. The maximum Gasteiger partial charge on any atom is 0.211 e. The molecule has 2 aliphatic rings. The number of likely N-dealkylation sites (tertiary alicyclic amines) is 1. The van der Waals surface area contributed by atoms with Gasteiger partial charge >= 0.3 is 0 Å². The first kappa shape index (κ1) is 22.4. The molecule has 0 aliphatic carbocycles. The van der Waals surface area contributed by atoms with E-state index in [1.807, 2.05) is 24.3 Å². The van der Waals surface area contributed by atoms with Crippen LogP contribution in [0.15, 0.2) is 48.5 Å². The summed E-state index contributed by atoms with van der Waals surface area (Å²) in [5.74, 6) is 2.04. The molecule has 0 amide bonds. The summed E-state index contributed by atoms with van der Waals surface area (Å²) in [6, 6.07) is 16.2. The molecular formula is C23H29ClN2O4S. The molecule has 2 aliphatic heterocycles. The number of hydrogen-bond acceptors (Lipinski definition) is 5. The van der Waals surface area contributed by atoms with E-state index in [1.54, 1.807) is 0 Å². The van der Waals surface area contributed by atoms with Crippen molar-refractivity contribution in [3.8, 4) is 11.5 Å². The molecule has 2 heterocycles. The summed E-state index contributed by atoms with van der Waals surface area (Å²) >= 11 is 5.61. The smallest absolute Gasteiger partial charge is 0.211 e. The fourth-order valence-electron chi connectivity index (χ4n) is 4.05. The molecule has 6 nitrogen and oxygen atoms in total. The van der Waals surface area contributed by atoms with Crippen molar-refractivity contribution in [3.63, 3.8) is 0 Å². The zero-order valence-electron chi connectivity index (χ0n) is 17.5. The second-order valence-corrected chi connectivity index (χ2v) is 10.4. The minimum atomic E-state index is -3.23. The molecule has 2 aromatic rings. The zero-order chi connectivity index (χ0) is 21.7. The number of sulfonamides is 1. The van der Waals surface area contributed by atoms with Crippen molar-refractivity contribution in [1.82, 2.24) is 9.62 Å². The molecule has 1 N–H and O–H groups in total. The number of benzene rings is 2. The number of piperidine rings is 1. The predicted octanol–water partition coefficient (Wildman–Crippen LogP) is 3.71. The van der Waals surface area contributed by atoms with Gasteiger partial charge in [0.1, 0.15) is 6.61 Å². The van der Waals surface area contributed by atoms with Crippen molar-refractivity contribution in [2.45, 2.75) is 38.0 Å². The quantitative estimate of drug-likeness (QED) is 0.603. The van der Waals surface area contributed by atoms with Gasteiger partial charge in [-0.1, -0.05) is 36.4 Å². The second-order valence-electron chi connectivity index (χ2n) is 8.14. The summed E-state index contributed by atoms with van der Waals surface area (Å²) in [7, 11) is -3.23. The number of para-hydroxylation sites is 2. The molecule has 0 spiro atoms. The van der Waals surface area contributed by atoms with Gasteiger partial charge in [0.2, 0.25) is 10.0 Å². The minimum absolute atomic E-state index is 0.0188. The Morgan fingerprint density at radius 1 is 1.03 bits per heavy atom. The van der Waals surface area contributed by atoms with Gasteiger partial charge in [0.25, 0.3) is 0 Å². The molecule has 0 saturated carbocycles. The normalized spacial score (nSPS) is 20.0. The van der Waals surface area contributed by atoms with E-state index in [1.165, 1.54) is 5.56 Å². The van der Waals surface area contributed by atoms with E-state index >= 15 is 0 Å². The average molecular weight is 465 g/mol. The molecule has 168 valence electrons. The second kappa shape index (κ2) is 10.2. The number of rotatable bonds is 8. The lowest BCUT2D eigenvalue weighted by Gasteiger charge is -2.32. The largest absolute Gasteiger partial charge is 0.485 e. The summed E-state index contributed by atoms with van der Waals surface area (Å²) in [5, 5.41) is 0. The van der Waals surface area contributed by atoms with Crippen molar-refractivity contribution in [3.05, 3.63) is 59.7 Å². The zero-order valence-corrected chi connectivity index (χ0v) is 19.1. The summed E-state index contributed by atoms with van der Waals surface area (Å²) in [4.78, 5) is 2.37. The van der Waals surface area contributed by atoms with Gasteiger partial charge < -0.3 is 9.47 Å². The van der Waals surface area contributed by atoms with Crippen LogP contribution in [-0.2, 0) is 16.6 Å². The lowest BCUT2D eigenvalue weighted by atomic mass is 10.0. The molecule has 0 bridgehead atoms. The van der Waals surface area contributed by atoms with E-state index in [4.69, 9.17) is 21.1 Å². The number of halogens is 1. The van der Waals surface area contributed by atoms with Crippen LogP contribution in [-0.4, -0.2) is 50.7 Å². The molecule has 8 heteroatoms. The number of ether oxygens (including phenoxy) is 2. The van der Waals surface area contributed by atoms with Gasteiger partial charge in [0.15, 0.2) is 17.6 Å². The molecule has 0 radical (unpaired) electrons. The van der Waals surface area contributed by atoms with Gasteiger partial charge in [-0.3, -0.25) is 4.90 Å². The fraction of sp³-hybridized carbons (Fsp3) is 0.478. The van der Waals surface area contributed by atoms with E-state index in [0.29, 0.717) is 18.9 Å². The minimum Gasteiger partial charge on any atom is -0.485 e.